The predicted molar refractivity (Wildman–Crippen MR) is 566 cm³/mol. The summed E-state index contributed by atoms with van der Waals surface area (Å²) >= 11 is 0. The number of halogens is 3. The molecular weight excluding hydrogens is 1720 g/mol. The molecule has 14 heteroatoms. The number of ether oxygens (including phenoxy) is 3. The lowest BCUT2D eigenvalue weighted by molar-refractivity contribution is -0.274. The number of rotatable bonds is 9. The minimum absolute atomic E-state index is 0.0793. The van der Waals surface area contributed by atoms with Crippen LogP contribution < -0.4 is 20.1 Å². The van der Waals surface area contributed by atoms with Crippen molar-refractivity contribution in [2.45, 2.75) is 82.5 Å². The quantitative estimate of drug-likeness (QED) is 0.0847. The number of ketones is 1. The largest absolute Gasteiger partial charge is 0.573 e. The molecule has 4 heterocycles. The predicted octanol–water partition coefficient (Wildman–Crippen LogP) is 29.5. The Labute approximate surface area is 818 Å². The number of hydrogen-bond donors (Lipinski definition) is 1. The molecule has 0 atom stereocenters. The van der Waals surface area contributed by atoms with Crippen molar-refractivity contribution in [2.24, 2.45) is 0 Å². The van der Waals surface area contributed by atoms with E-state index in [1.807, 2.05) is 261 Å². The number of nitrogens with two attached hydrogens (primary N) is 1. The maximum Gasteiger partial charge on any atom is 0.573 e. The molecule has 0 radical (unpaired) electrons. The van der Waals surface area contributed by atoms with Crippen LogP contribution >= 0.6 is 0 Å². The fourth-order valence-electron chi connectivity index (χ4n) is 12.7. The average Bonchev–Trinajstić information content (AvgIpc) is 1.84. The van der Waals surface area contributed by atoms with Crippen LogP contribution in [-0.2, 0) is 4.74 Å². The Bertz CT molecular complexity index is 6580. The normalized spacial score (nSPS) is 10.5. The monoisotopic (exact) mass is 1840 g/mol. The van der Waals surface area contributed by atoms with E-state index >= 15 is 0 Å². The maximum atomic E-state index is 12.0. The topological polar surface area (TPSA) is 131 Å². The minimum Gasteiger partial charge on any atom is -0.457 e. The summed E-state index contributed by atoms with van der Waals surface area (Å²) in [6, 6.07) is 133. The van der Waals surface area contributed by atoms with Gasteiger partial charge < -0.3 is 24.8 Å². The van der Waals surface area contributed by atoms with E-state index in [1.54, 1.807) is 43.8 Å². The Kier molecular flexibility index (Phi) is 42.6. The molecule has 696 valence electrons. The van der Waals surface area contributed by atoms with E-state index in [9.17, 15) is 18.0 Å². The number of benzene rings is 15. The second-order valence-corrected chi connectivity index (χ2v) is 32.6. The number of alkyl halides is 3. The first-order valence-electron chi connectivity index (χ1n) is 45.6. The Morgan fingerprint density at radius 3 is 1.08 bits per heavy atom. The fourth-order valence-corrected chi connectivity index (χ4v) is 12.7. The summed E-state index contributed by atoms with van der Waals surface area (Å²) in [7, 11) is 0. The van der Waals surface area contributed by atoms with E-state index in [0.717, 1.165) is 99.4 Å². The summed E-state index contributed by atoms with van der Waals surface area (Å²) in [6.07, 6.45) is 5.95. The molecule has 1 saturated heterocycles. The number of carbonyl (C=O) groups is 1. The number of nitrogens with zero attached hydrogens (tertiary/aromatic N) is 6. The number of pyridine rings is 1. The van der Waals surface area contributed by atoms with E-state index in [2.05, 4.69) is 272 Å². The summed E-state index contributed by atoms with van der Waals surface area (Å²) in [5.41, 5.74) is 34.3. The van der Waals surface area contributed by atoms with Gasteiger partial charge in [0.15, 0.2) is 5.78 Å². The van der Waals surface area contributed by atoms with Crippen LogP contribution in [0.3, 0.4) is 0 Å². The second kappa shape index (κ2) is 56.9. The van der Waals surface area contributed by atoms with Gasteiger partial charge in [0, 0.05) is 106 Å². The van der Waals surface area contributed by atoms with Crippen molar-refractivity contribution in [3.8, 4) is 80.7 Å². The Morgan fingerprint density at radius 2 is 0.669 bits per heavy atom. The van der Waals surface area contributed by atoms with Crippen LogP contribution in [0.5, 0.6) is 17.2 Å². The van der Waals surface area contributed by atoms with Gasteiger partial charge in [-0.2, -0.15) is 5.10 Å². The smallest absolute Gasteiger partial charge is 0.457 e. The molecule has 0 bridgehead atoms. The highest BCUT2D eigenvalue weighted by molar-refractivity contribution is 6.09. The standard InChI is InChI=1S/C16H14.C15H12.C14H12O.C13H10N2.C13H13N.C13H12O.C12H11N.C11H15NO.C10H10N2.C8H7F3O/c1-13-3-7-15(8-4-13)11-12-16-9-5-14(2)6-10-16;1-13-7-9-15(10-8-13)12-11-14-5-3-2-4-6-14;1-11-7-9-13(10-8-11)14(15)12-5-3-2-4-6-12;1-11-2-4-12(5-3-11)6-7-13-10-14-8-9-15-13;1-10-2-4-11(5-3-10)12-6-8-13(14)9-7-12;1-11-7-9-13(10-8-11)14-12-5-3-2-4-6-12;1-10-7-8-12(9-13-10)11-5-3-2-4-6-11;1-10-2-4-11(5-3-10)12-6-8-13-9-7-12;1-9-3-5-10(6-4-9)12-8-2-7-11-12;1-6-2-4-7(5-3-6)12-8(9,10)11/h3-10H,1-2H3;2*2-10H,1H3;2-5,8-10H,1H3;2-9H,14H2,1H3;2-10H,1H3;2-9H,1H3;2-5H,6-9H2,1H3;2-8H,1H3;2-5H,1H3. The van der Waals surface area contributed by atoms with Crippen molar-refractivity contribution in [1.29, 1.82) is 0 Å². The molecule has 11 nitrogen and oxygen atoms in total. The molecule has 18 aromatic rings. The Morgan fingerprint density at radius 1 is 0.324 bits per heavy atom. The maximum absolute atomic E-state index is 12.0. The van der Waals surface area contributed by atoms with E-state index in [4.69, 9.17) is 15.2 Å². The Hall–Kier alpha value is -17.0. The third-order valence-electron chi connectivity index (χ3n) is 20.7. The lowest BCUT2D eigenvalue weighted by Crippen LogP contribution is -2.36. The van der Waals surface area contributed by atoms with E-state index in [-0.39, 0.29) is 11.5 Å². The molecule has 0 unspecified atom stereocenters. The van der Waals surface area contributed by atoms with Gasteiger partial charge in [-0.25, -0.2) is 9.67 Å². The lowest BCUT2D eigenvalue weighted by atomic mass is 10.0. The molecular formula is C125H116F3N7O4. The zero-order valence-corrected chi connectivity index (χ0v) is 80.5. The average molecular weight is 1840 g/mol. The van der Waals surface area contributed by atoms with Crippen molar-refractivity contribution in [1.82, 2.24) is 24.7 Å². The number of hydrogen-bond acceptors (Lipinski definition) is 10. The third-order valence-corrected chi connectivity index (χ3v) is 20.7. The molecule has 139 heavy (non-hydrogen) atoms. The first-order chi connectivity index (χ1) is 67.3. The molecule has 1 fully saturated rings. The van der Waals surface area contributed by atoms with Crippen molar-refractivity contribution < 1.29 is 32.2 Å². The number of carbonyl (C=O) groups excluding carboxylic acids is 1. The van der Waals surface area contributed by atoms with Crippen molar-refractivity contribution in [2.75, 3.05) is 36.9 Å². The second-order valence-electron chi connectivity index (χ2n) is 32.6. The van der Waals surface area contributed by atoms with Crippen molar-refractivity contribution in [3.05, 3.63) is 550 Å². The molecule has 0 amide bonds. The molecule has 0 saturated carbocycles. The highest BCUT2D eigenvalue weighted by atomic mass is 19.4. The zero-order valence-electron chi connectivity index (χ0n) is 80.5. The first-order valence-corrected chi connectivity index (χ1v) is 45.6. The van der Waals surface area contributed by atoms with Gasteiger partial charge in [0.2, 0.25) is 0 Å². The van der Waals surface area contributed by atoms with Gasteiger partial charge in [-0.3, -0.25) is 14.8 Å². The van der Waals surface area contributed by atoms with Crippen molar-refractivity contribution in [3.63, 3.8) is 0 Å². The summed E-state index contributed by atoms with van der Waals surface area (Å²) in [6.45, 7) is 26.2. The van der Waals surface area contributed by atoms with Gasteiger partial charge >= 0.3 is 6.36 Å². The molecule has 15 aromatic carbocycles. The summed E-state index contributed by atoms with van der Waals surface area (Å²) in [4.78, 5) is 26.6. The van der Waals surface area contributed by atoms with Crippen LogP contribution in [0.15, 0.2) is 444 Å². The van der Waals surface area contributed by atoms with Gasteiger partial charge in [-0.15, -0.1) is 13.2 Å². The number of aromatic nitrogens is 5. The van der Waals surface area contributed by atoms with Crippen LogP contribution in [0.25, 0.3) is 27.9 Å². The van der Waals surface area contributed by atoms with Crippen LogP contribution in [0, 0.1) is 112 Å². The highest BCUT2D eigenvalue weighted by Gasteiger charge is 2.31. The van der Waals surface area contributed by atoms with Crippen LogP contribution in [0.2, 0.25) is 0 Å². The Balaban J connectivity index is 0.000000159. The SMILES string of the molecule is Cc1ccc(-c2ccc(N)cc2)cc1.Cc1ccc(-c2ccccc2)cn1.Cc1ccc(-n2cccn2)cc1.Cc1ccc(C#Cc2ccc(C)cc2)cc1.Cc1ccc(C#Cc2ccccc2)cc1.Cc1ccc(C#Cc2cnccn2)cc1.Cc1ccc(C(=O)c2ccccc2)cc1.Cc1ccc(N2CCOCC2)cc1.Cc1ccc(OC(F)(F)F)cc1.Cc1ccc(Oc2ccccc2)cc1. The van der Waals surface area contributed by atoms with Crippen molar-refractivity contribution >= 4 is 17.2 Å². The van der Waals surface area contributed by atoms with Gasteiger partial charge in [0.25, 0.3) is 0 Å². The number of anilines is 2. The summed E-state index contributed by atoms with van der Waals surface area (Å²) in [5, 5.41) is 4.13. The highest BCUT2D eigenvalue weighted by Crippen LogP contribution is 2.26. The number of nitrogen functional groups attached to an aromatic ring is 1. The van der Waals surface area contributed by atoms with Crippen LogP contribution in [0.4, 0.5) is 24.5 Å². The molecule has 2 N–H and O–H groups in total. The lowest BCUT2D eigenvalue weighted by Gasteiger charge is -2.28. The number of aryl methyl sites for hydroxylation is 11. The zero-order chi connectivity index (χ0) is 98.6. The third kappa shape index (κ3) is 40.4. The number of morpholine rings is 1. The van der Waals surface area contributed by atoms with E-state index in [1.165, 1.54) is 90.1 Å². The first kappa shape index (κ1) is 104. The van der Waals surface area contributed by atoms with E-state index in [0.29, 0.717) is 5.69 Å². The molecule has 1 aliphatic rings. The van der Waals surface area contributed by atoms with E-state index < -0.39 is 6.36 Å². The van der Waals surface area contributed by atoms with Gasteiger partial charge in [0.05, 0.1) is 25.1 Å². The minimum atomic E-state index is -4.60. The van der Waals surface area contributed by atoms with Crippen LogP contribution in [-0.4, -0.2) is 63.2 Å². The summed E-state index contributed by atoms with van der Waals surface area (Å²) in [5.74, 6) is 20.2. The van der Waals surface area contributed by atoms with Gasteiger partial charge in [0.1, 0.15) is 22.9 Å². The summed E-state index contributed by atoms with van der Waals surface area (Å²) < 4.78 is 51.3. The molecule has 1 aliphatic heterocycles. The van der Waals surface area contributed by atoms with Gasteiger partial charge in [-0.05, 0) is 244 Å². The fraction of sp³-hybridized carbons (Fsp3) is 0.128. The van der Waals surface area contributed by atoms with Crippen LogP contribution in [0.1, 0.15) is 111 Å². The molecule has 3 aromatic heterocycles. The molecule has 0 aliphatic carbocycles. The molecule has 19 rings (SSSR count). The number of para-hydroxylation sites is 1. The van der Waals surface area contributed by atoms with Gasteiger partial charge in [-0.1, -0.05) is 346 Å². The molecule has 0 spiro atoms.